The Balaban J connectivity index is 1.78. The molecule has 6 heteroatoms. The molecule has 0 unspecified atom stereocenters. The summed E-state index contributed by atoms with van der Waals surface area (Å²) in [5.74, 6) is 2.68. The molecule has 3 N–H and O–H groups in total. The number of aliphatic hydroxyl groups excluding tert-OH is 1. The molecule has 1 aliphatic carbocycles. The van der Waals surface area contributed by atoms with Crippen molar-refractivity contribution >= 4 is 17.5 Å². The van der Waals surface area contributed by atoms with Gasteiger partial charge in [-0.15, -0.1) is 0 Å². The van der Waals surface area contributed by atoms with E-state index in [1.165, 1.54) is 12.8 Å². The van der Waals surface area contributed by atoms with Crippen LogP contribution in [0.2, 0.25) is 0 Å². The van der Waals surface area contributed by atoms with E-state index < -0.39 is 0 Å². The fourth-order valence-electron chi connectivity index (χ4n) is 2.40. The monoisotopic (exact) mass is 328 g/mol. The molecule has 0 aliphatic heterocycles. The molecule has 0 bridgehead atoms. The lowest BCUT2D eigenvalue weighted by atomic mass is 10.2. The van der Waals surface area contributed by atoms with Crippen LogP contribution in [0.1, 0.15) is 38.3 Å². The van der Waals surface area contributed by atoms with E-state index in [2.05, 4.69) is 20.6 Å². The van der Waals surface area contributed by atoms with E-state index in [1.807, 2.05) is 44.2 Å². The van der Waals surface area contributed by atoms with Crippen LogP contribution in [0.4, 0.5) is 17.5 Å². The average Bonchev–Trinajstić information content (AvgIpc) is 3.41. The van der Waals surface area contributed by atoms with Crippen LogP contribution in [0.3, 0.4) is 0 Å². The van der Waals surface area contributed by atoms with Crippen molar-refractivity contribution in [3.05, 3.63) is 36.0 Å². The third-order valence-corrected chi connectivity index (χ3v) is 3.83. The molecule has 1 aromatic carbocycles. The van der Waals surface area contributed by atoms with E-state index >= 15 is 0 Å². The number of nitrogens with zero attached hydrogens (tertiary/aromatic N) is 2. The SMILES string of the molecule is CCOc1ccc(Nc2cc(C3CC3)nc(N[C@H](C)CO)n2)cc1. The highest BCUT2D eigenvalue weighted by Gasteiger charge is 2.26. The minimum atomic E-state index is -0.0854. The highest BCUT2D eigenvalue weighted by atomic mass is 16.5. The first kappa shape index (κ1) is 16.5. The summed E-state index contributed by atoms with van der Waals surface area (Å²) in [6.07, 6.45) is 2.35. The van der Waals surface area contributed by atoms with Crippen LogP contribution < -0.4 is 15.4 Å². The molecule has 1 saturated carbocycles. The Morgan fingerprint density at radius 2 is 2.00 bits per heavy atom. The van der Waals surface area contributed by atoms with Crippen molar-refractivity contribution in [3.63, 3.8) is 0 Å². The number of rotatable bonds is 8. The van der Waals surface area contributed by atoms with Gasteiger partial charge in [-0.1, -0.05) is 0 Å². The Hall–Kier alpha value is -2.34. The van der Waals surface area contributed by atoms with Gasteiger partial charge in [0.15, 0.2) is 0 Å². The zero-order valence-electron chi connectivity index (χ0n) is 14.1. The molecule has 0 radical (unpaired) electrons. The number of aromatic nitrogens is 2. The summed E-state index contributed by atoms with van der Waals surface area (Å²) in [7, 11) is 0. The molecule has 1 fully saturated rings. The predicted molar refractivity (Wildman–Crippen MR) is 95.1 cm³/mol. The first-order valence-electron chi connectivity index (χ1n) is 8.44. The van der Waals surface area contributed by atoms with Crippen molar-refractivity contribution in [1.82, 2.24) is 9.97 Å². The number of hydrogen-bond acceptors (Lipinski definition) is 6. The van der Waals surface area contributed by atoms with Crippen LogP contribution in [0.5, 0.6) is 5.75 Å². The lowest BCUT2D eigenvalue weighted by Crippen LogP contribution is -2.21. The van der Waals surface area contributed by atoms with Gasteiger partial charge >= 0.3 is 0 Å². The van der Waals surface area contributed by atoms with Gasteiger partial charge in [0.2, 0.25) is 5.95 Å². The Kier molecular flexibility index (Phi) is 5.15. The number of benzene rings is 1. The molecule has 0 spiro atoms. The second-order valence-corrected chi connectivity index (χ2v) is 6.09. The molecular formula is C18H24N4O2. The van der Waals surface area contributed by atoms with E-state index in [9.17, 15) is 5.11 Å². The largest absolute Gasteiger partial charge is 0.494 e. The normalized spacial score (nSPS) is 15.0. The minimum Gasteiger partial charge on any atom is -0.494 e. The summed E-state index contributed by atoms with van der Waals surface area (Å²) in [5.41, 5.74) is 1.99. The highest BCUT2D eigenvalue weighted by Crippen LogP contribution is 2.40. The summed E-state index contributed by atoms with van der Waals surface area (Å²) in [6.45, 7) is 4.56. The van der Waals surface area contributed by atoms with Gasteiger partial charge in [-0.2, -0.15) is 4.98 Å². The maximum absolute atomic E-state index is 9.22. The summed E-state index contributed by atoms with van der Waals surface area (Å²) >= 11 is 0. The molecule has 2 aromatic rings. The maximum Gasteiger partial charge on any atom is 0.225 e. The third-order valence-electron chi connectivity index (χ3n) is 3.83. The molecule has 6 nitrogen and oxygen atoms in total. The second kappa shape index (κ2) is 7.49. The maximum atomic E-state index is 9.22. The molecular weight excluding hydrogens is 304 g/mol. The molecule has 1 heterocycles. The Morgan fingerprint density at radius 3 is 2.62 bits per heavy atom. The zero-order chi connectivity index (χ0) is 16.9. The topological polar surface area (TPSA) is 79.3 Å². The number of nitrogens with one attached hydrogen (secondary N) is 2. The molecule has 1 atom stereocenters. The molecule has 24 heavy (non-hydrogen) atoms. The van der Waals surface area contributed by atoms with Gasteiger partial charge in [-0.3, -0.25) is 0 Å². The second-order valence-electron chi connectivity index (χ2n) is 6.09. The standard InChI is InChI=1S/C18H24N4O2/c1-3-24-15-8-6-14(7-9-15)20-17-10-16(13-4-5-13)21-18(22-17)19-12(2)11-23/h6-10,12-13,23H,3-5,11H2,1-2H3,(H2,19,20,21,22)/t12-/m1/s1. The highest BCUT2D eigenvalue weighted by molar-refractivity contribution is 5.59. The summed E-state index contributed by atoms with van der Waals surface area (Å²) in [5, 5.41) is 15.7. The fourth-order valence-corrected chi connectivity index (χ4v) is 2.40. The van der Waals surface area contributed by atoms with Crippen molar-refractivity contribution < 1.29 is 9.84 Å². The molecule has 0 saturated heterocycles. The van der Waals surface area contributed by atoms with E-state index in [4.69, 9.17) is 4.74 Å². The first-order valence-corrected chi connectivity index (χ1v) is 8.44. The van der Waals surface area contributed by atoms with Crippen LogP contribution in [0, 0.1) is 0 Å². The van der Waals surface area contributed by atoms with Gasteiger partial charge in [-0.05, 0) is 51.0 Å². The van der Waals surface area contributed by atoms with E-state index in [1.54, 1.807) is 0 Å². The van der Waals surface area contributed by atoms with Gasteiger partial charge < -0.3 is 20.5 Å². The fraction of sp³-hybridized carbons (Fsp3) is 0.444. The number of aliphatic hydroxyl groups is 1. The molecule has 3 rings (SSSR count). The zero-order valence-corrected chi connectivity index (χ0v) is 14.1. The van der Waals surface area contributed by atoms with Crippen LogP contribution in [0.15, 0.2) is 30.3 Å². The van der Waals surface area contributed by atoms with E-state index in [-0.39, 0.29) is 12.6 Å². The molecule has 0 amide bonds. The van der Waals surface area contributed by atoms with Crippen LogP contribution >= 0.6 is 0 Å². The van der Waals surface area contributed by atoms with Gasteiger partial charge in [0.1, 0.15) is 11.6 Å². The van der Waals surface area contributed by atoms with Gasteiger partial charge in [0.05, 0.1) is 18.9 Å². The van der Waals surface area contributed by atoms with Crippen LogP contribution in [-0.4, -0.2) is 34.3 Å². The van der Waals surface area contributed by atoms with Crippen molar-refractivity contribution in [1.29, 1.82) is 0 Å². The minimum absolute atomic E-state index is 0.0403. The van der Waals surface area contributed by atoms with Crippen molar-refractivity contribution in [3.8, 4) is 5.75 Å². The number of hydrogen-bond donors (Lipinski definition) is 3. The lowest BCUT2D eigenvalue weighted by molar-refractivity contribution is 0.281. The smallest absolute Gasteiger partial charge is 0.225 e. The summed E-state index contributed by atoms with van der Waals surface area (Å²) in [4.78, 5) is 9.08. The first-order chi connectivity index (χ1) is 11.7. The molecule has 1 aromatic heterocycles. The van der Waals surface area contributed by atoms with Gasteiger partial charge in [-0.25, -0.2) is 4.98 Å². The number of anilines is 3. The average molecular weight is 328 g/mol. The Morgan fingerprint density at radius 1 is 1.25 bits per heavy atom. The van der Waals surface area contributed by atoms with Crippen LogP contribution in [-0.2, 0) is 0 Å². The third kappa shape index (κ3) is 4.35. The van der Waals surface area contributed by atoms with E-state index in [0.29, 0.717) is 18.5 Å². The summed E-state index contributed by atoms with van der Waals surface area (Å²) in [6, 6.07) is 9.71. The molecule has 1 aliphatic rings. The van der Waals surface area contributed by atoms with Crippen molar-refractivity contribution in [2.75, 3.05) is 23.8 Å². The molecule has 128 valence electrons. The van der Waals surface area contributed by atoms with Crippen LogP contribution in [0.25, 0.3) is 0 Å². The predicted octanol–water partition coefficient (Wildman–Crippen LogP) is 3.29. The summed E-state index contributed by atoms with van der Waals surface area (Å²) < 4.78 is 5.46. The lowest BCUT2D eigenvalue weighted by Gasteiger charge is -2.14. The Bertz CT molecular complexity index is 671. The van der Waals surface area contributed by atoms with Gasteiger partial charge in [0, 0.05) is 23.7 Å². The number of ether oxygens (including phenoxy) is 1. The van der Waals surface area contributed by atoms with Crippen molar-refractivity contribution in [2.24, 2.45) is 0 Å². The van der Waals surface area contributed by atoms with E-state index in [0.717, 1.165) is 22.9 Å². The quantitative estimate of drug-likeness (QED) is 0.690. The van der Waals surface area contributed by atoms with Crippen molar-refractivity contribution in [2.45, 2.75) is 38.6 Å². The van der Waals surface area contributed by atoms with Gasteiger partial charge in [0.25, 0.3) is 0 Å². The Labute approximate surface area is 142 Å².